The monoisotopic (exact) mass is 467 g/mol. The largest absolute Gasteiger partial charge is 0.486 e. The molecule has 0 saturated carbocycles. The maximum atomic E-state index is 13.2. The van der Waals surface area contributed by atoms with E-state index in [9.17, 15) is 8.78 Å². The maximum Gasteiger partial charge on any atom is 0.167 e. The van der Waals surface area contributed by atoms with Gasteiger partial charge in [-0.3, -0.25) is 0 Å². The second-order valence-corrected chi connectivity index (χ2v) is 8.62. The van der Waals surface area contributed by atoms with Crippen LogP contribution in [0, 0.1) is 11.6 Å². The highest BCUT2D eigenvalue weighted by Gasteiger charge is 2.13. The normalized spacial score (nSPS) is 11.2. The zero-order valence-corrected chi connectivity index (χ0v) is 18.1. The summed E-state index contributed by atoms with van der Waals surface area (Å²) in [5, 5.41) is 8.82. The lowest BCUT2D eigenvalue weighted by Gasteiger charge is -2.04. The van der Waals surface area contributed by atoms with Crippen LogP contribution in [-0.2, 0) is 12.4 Å². The molecular weight excluding hydrogens is 452 g/mol. The standard InChI is InChI=1S/C22H15F2N5OS2/c23-14-1-5-17(6-2-14)29-21-19(9-27-29)22(26-13-25-21)32-12-16-11-31-20(28-16)10-30-18-7-3-15(24)4-8-18/h1-9,11,13H,10,12H2. The van der Waals surface area contributed by atoms with Crippen molar-refractivity contribution in [3.63, 3.8) is 0 Å². The lowest BCUT2D eigenvalue weighted by atomic mass is 10.3. The van der Waals surface area contributed by atoms with Gasteiger partial charge in [0.1, 0.15) is 40.4 Å². The third kappa shape index (κ3) is 4.46. The highest BCUT2D eigenvalue weighted by atomic mass is 32.2. The Hall–Kier alpha value is -3.37. The molecule has 0 spiro atoms. The first kappa shape index (κ1) is 20.5. The van der Waals surface area contributed by atoms with Crippen LogP contribution in [0.3, 0.4) is 0 Å². The number of thioether (sulfide) groups is 1. The summed E-state index contributed by atoms with van der Waals surface area (Å²) in [4.78, 5) is 13.3. The van der Waals surface area contributed by atoms with Gasteiger partial charge in [0.2, 0.25) is 0 Å². The van der Waals surface area contributed by atoms with Crippen molar-refractivity contribution in [3.05, 3.63) is 88.8 Å². The SMILES string of the molecule is Fc1ccc(OCc2nc(CSc3ncnc4c3cnn4-c3ccc(F)cc3)cs2)cc1. The van der Waals surface area contributed by atoms with Gasteiger partial charge in [0.15, 0.2) is 5.65 Å². The molecule has 32 heavy (non-hydrogen) atoms. The Morgan fingerprint density at radius 3 is 2.50 bits per heavy atom. The van der Waals surface area contributed by atoms with Crippen LogP contribution in [0.5, 0.6) is 5.75 Å². The van der Waals surface area contributed by atoms with Gasteiger partial charge in [0, 0.05) is 11.1 Å². The van der Waals surface area contributed by atoms with E-state index in [-0.39, 0.29) is 11.6 Å². The van der Waals surface area contributed by atoms with Crippen LogP contribution < -0.4 is 4.74 Å². The first-order valence-corrected chi connectivity index (χ1v) is 11.4. The van der Waals surface area contributed by atoms with E-state index in [0.29, 0.717) is 23.8 Å². The Morgan fingerprint density at radius 2 is 1.72 bits per heavy atom. The average molecular weight is 468 g/mol. The highest BCUT2D eigenvalue weighted by molar-refractivity contribution is 7.98. The second-order valence-electron chi connectivity index (χ2n) is 6.71. The van der Waals surface area contributed by atoms with Crippen LogP contribution in [0.4, 0.5) is 8.78 Å². The van der Waals surface area contributed by atoms with Crippen LogP contribution in [-0.4, -0.2) is 24.7 Å². The fourth-order valence-corrected chi connectivity index (χ4v) is 4.67. The highest BCUT2D eigenvalue weighted by Crippen LogP contribution is 2.29. The fourth-order valence-electron chi connectivity index (χ4n) is 3.01. The van der Waals surface area contributed by atoms with Crippen molar-refractivity contribution < 1.29 is 13.5 Å². The van der Waals surface area contributed by atoms with Crippen LogP contribution in [0.2, 0.25) is 0 Å². The molecule has 0 N–H and O–H groups in total. The summed E-state index contributed by atoms with van der Waals surface area (Å²) in [6, 6.07) is 12.0. The van der Waals surface area contributed by atoms with Crippen molar-refractivity contribution in [2.24, 2.45) is 0 Å². The third-order valence-electron chi connectivity index (χ3n) is 4.53. The molecule has 2 aromatic carbocycles. The molecule has 5 aromatic rings. The van der Waals surface area contributed by atoms with Crippen molar-refractivity contribution in [1.29, 1.82) is 0 Å². The smallest absolute Gasteiger partial charge is 0.167 e. The Labute approximate surface area is 189 Å². The summed E-state index contributed by atoms with van der Waals surface area (Å²) in [5.74, 6) is 0.620. The summed E-state index contributed by atoms with van der Waals surface area (Å²) in [7, 11) is 0. The zero-order chi connectivity index (χ0) is 21.9. The number of aromatic nitrogens is 5. The van der Waals surface area contributed by atoms with Crippen LogP contribution >= 0.6 is 23.1 Å². The molecule has 0 aliphatic rings. The molecule has 160 valence electrons. The summed E-state index contributed by atoms with van der Waals surface area (Å²) in [6.07, 6.45) is 3.21. The Kier molecular flexibility index (Phi) is 5.78. The predicted molar refractivity (Wildman–Crippen MR) is 119 cm³/mol. The van der Waals surface area contributed by atoms with Gasteiger partial charge < -0.3 is 4.74 Å². The van der Waals surface area contributed by atoms with E-state index >= 15 is 0 Å². The van der Waals surface area contributed by atoms with Gasteiger partial charge in [-0.15, -0.1) is 11.3 Å². The summed E-state index contributed by atoms with van der Waals surface area (Å²) >= 11 is 3.05. The molecule has 0 aliphatic heterocycles. The zero-order valence-electron chi connectivity index (χ0n) is 16.5. The number of hydrogen-bond acceptors (Lipinski definition) is 7. The summed E-state index contributed by atoms with van der Waals surface area (Å²) in [6.45, 7) is 0.323. The van der Waals surface area contributed by atoms with Gasteiger partial charge in [-0.1, -0.05) is 11.8 Å². The molecule has 0 radical (unpaired) electrons. The van der Waals surface area contributed by atoms with E-state index in [0.717, 1.165) is 26.8 Å². The van der Waals surface area contributed by atoms with E-state index < -0.39 is 0 Å². The van der Waals surface area contributed by atoms with Crippen molar-refractivity contribution in [3.8, 4) is 11.4 Å². The van der Waals surface area contributed by atoms with E-state index in [1.807, 2.05) is 5.38 Å². The van der Waals surface area contributed by atoms with E-state index in [4.69, 9.17) is 4.74 Å². The molecule has 0 amide bonds. The molecule has 0 saturated heterocycles. The average Bonchev–Trinajstić information content (AvgIpc) is 3.45. The number of nitrogens with zero attached hydrogens (tertiary/aromatic N) is 5. The minimum absolute atomic E-state index is 0.298. The summed E-state index contributed by atoms with van der Waals surface area (Å²) in [5.41, 5.74) is 2.29. The number of fused-ring (bicyclic) bond motifs is 1. The molecule has 3 aromatic heterocycles. The van der Waals surface area contributed by atoms with E-state index in [2.05, 4.69) is 20.1 Å². The van der Waals surface area contributed by atoms with Gasteiger partial charge >= 0.3 is 0 Å². The Morgan fingerprint density at radius 1 is 0.969 bits per heavy atom. The third-order valence-corrected chi connectivity index (χ3v) is 6.44. The molecule has 0 bridgehead atoms. The van der Waals surface area contributed by atoms with Crippen LogP contribution in [0.1, 0.15) is 10.7 Å². The summed E-state index contributed by atoms with van der Waals surface area (Å²) < 4.78 is 33.5. The number of hydrogen-bond donors (Lipinski definition) is 0. The van der Waals surface area contributed by atoms with Crippen LogP contribution in [0.25, 0.3) is 16.7 Å². The van der Waals surface area contributed by atoms with Crippen molar-refractivity contribution in [1.82, 2.24) is 24.7 Å². The molecule has 0 atom stereocenters. The van der Waals surface area contributed by atoms with Gasteiger partial charge in [-0.05, 0) is 48.5 Å². The molecule has 0 unspecified atom stereocenters. The number of benzene rings is 2. The number of thiazole rings is 1. The molecule has 6 nitrogen and oxygen atoms in total. The molecule has 0 fully saturated rings. The lowest BCUT2D eigenvalue weighted by Crippen LogP contribution is -1.98. The second kappa shape index (κ2) is 9.01. The van der Waals surface area contributed by atoms with Gasteiger partial charge in [-0.2, -0.15) is 5.10 Å². The number of ether oxygens (including phenoxy) is 1. The minimum Gasteiger partial charge on any atom is -0.486 e. The first-order valence-electron chi connectivity index (χ1n) is 9.55. The quantitative estimate of drug-likeness (QED) is 0.235. The maximum absolute atomic E-state index is 13.2. The molecular formula is C22H15F2N5OS2. The fraction of sp³-hybridized carbons (Fsp3) is 0.0909. The van der Waals surface area contributed by atoms with Gasteiger partial charge in [-0.25, -0.2) is 28.4 Å². The topological polar surface area (TPSA) is 65.7 Å². The van der Waals surface area contributed by atoms with Crippen molar-refractivity contribution in [2.75, 3.05) is 0 Å². The van der Waals surface area contributed by atoms with E-state index in [1.54, 1.807) is 46.9 Å². The van der Waals surface area contributed by atoms with Crippen molar-refractivity contribution >= 4 is 34.1 Å². The lowest BCUT2D eigenvalue weighted by molar-refractivity contribution is 0.305. The van der Waals surface area contributed by atoms with E-state index in [1.165, 1.54) is 41.9 Å². The Bertz CT molecular complexity index is 1350. The number of halogens is 2. The van der Waals surface area contributed by atoms with Crippen LogP contribution in [0.15, 0.2) is 71.5 Å². The Balaban J connectivity index is 1.26. The minimum atomic E-state index is -0.304. The molecule has 3 heterocycles. The van der Waals surface area contributed by atoms with Gasteiger partial charge in [0.05, 0.1) is 23.0 Å². The molecule has 0 aliphatic carbocycles. The van der Waals surface area contributed by atoms with Crippen molar-refractivity contribution in [2.45, 2.75) is 17.4 Å². The molecule has 10 heteroatoms. The first-order chi connectivity index (χ1) is 15.7. The predicted octanol–water partition coefficient (Wildman–Crippen LogP) is 5.42. The number of rotatable bonds is 7. The van der Waals surface area contributed by atoms with Gasteiger partial charge in [0.25, 0.3) is 0 Å². The molecule has 5 rings (SSSR count).